The van der Waals surface area contributed by atoms with Crippen molar-refractivity contribution in [3.8, 4) is 0 Å². The Kier molecular flexibility index (Phi) is 4.60. The van der Waals surface area contributed by atoms with Crippen LogP contribution in [0.25, 0.3) is 10.9 Å². The number of esters is 1. The molecule has 0 aliphatic carbocycles. The van der Waals surface area contributed by atoms with Gasteiger partial charge < -0.3 is 4.74 Å². The van der Waals surface area contributed by atoms with Crippen LogP contribution in [0, 0.1) is 5.92 Å². The van der Waals surface area contributed by atoms with Crippen LogP contribution in [0.4, 0.5) is 0 Å². The highest BCUT2D eigenvalue weighted by atomic mass is 35.5. The molecule has 1 fully saturated rings. The molecule has 1 saturated heterocycles. The van der Waals surface area contributed by atoms with Crippen LogP contribution in [-0.2, 0) is 16.1 Å². The van der Waals surface area contributed by atoms with Crippen molar-refractivity contribution in [1.29, 1.82) is 0 Å². The second-order valence-electron chi connectivity index (χ2n) is 5.73. The van der Waals surface area contributed by atoms with E-state index in [-0.39, 0.29) is 11.9 Å². The molecule has 1 aromatic carbocycles. The van der Waals surface area contributed by atoms with Crippen molar-refractivity contribution in [2.45, 2.75) is 19.4 Å². The summed E-state index contributed by atoms with van der Waals surface area (Å²) in [7, 11) is 1.45. The molecule has 116 valence electrons. The summed E-state index contributed by atoms with van der Waals surface area (Å²) in [6, 6.07) is 10.0. The lowest BCUT2D eigenvalue weighted by Crippen LogP contribution is -2.38. The predicted octanol–water partition coefficient (Wildman–Crippen LogP) is 3.27. The molecular weight excluding hydrogens is 300 g/mol. The fourth-order valence-electron chi connectivity index (χ4n) is 3.05. The number of methoxy groups -OCH3 is 1. The standard InChI is InChI=1S/C17H19ClN2O2/c1-22-17(21)13-6-4-8-20(10-13)11-14-9-12-5-2-3-7-15(12)19-16(14)18/h2-3,5,7,9,13H,4,6,8,10-11H2,1H3. The first-order valence-corrected chi connectivity index (χ1v) is 7.89. The van der Waals surface area contributed by atoms with Gasteiger partial charge in [0, 0.05) is 24.0 Å². The molecule has 0 spiro atoms. The minimum Gasteiger partial charge on any atom is -0.469 e. The molecule has 0 bridgehead atoms. The SMILES string of the molecule is COC(=O)C1CCCN(Cc2cc3ccccc3nc2Cl)C1. The quantitative estimate of drug-likeness (QED) is 0.643. The minimum atomic E-state index is -0.118. The lowest BCUT2D eigenvalue weighted by atomic mass is 9.98. The van der Waals surface area contributed by atoms with Gasteiger partial charge in [-0.3, -0.25) is 9.69 Å². The fraction of sp³-hybridized carbons (Fsp3) is 0.412. The Bertz CT molecular complexity index is 689. The molecule has 0 radical (unpaired) electrons. The summed E-state index contributed by atoms with van der Waals surface area (Å²) in [5.74, 6) is -0.154. The average molecular weight is 319 g/mol. The van der Waals surface area contributed by atoms with Crippen molar-refractivity contribution in [3.05, 3.63) is 41.0 Å². The molecule has 0 N–H and O–H groups in total. The van der Waals surface area contributed by atoms with Crippen LogP contribution in [0.3, 0.4) is 0 Å². The fourth-order valence-corrected chi connectivity index (χ4v) is 3.25. The van der Waals surface area contributed by atoms with Crippen LogP contribution in [0.5, 0.6) is 0 Å². The van der Waals surface area contributed by atoms with E-state index in [2.05, 4.69) is 16.0 Å². The third-order valence-corrected chi connectivity index (χ3v) is 4.51. The van der Waals surface area contributed by atoms with E-state index in [4.69, 9.17) is 16.3 Å². The molecule has 1 aliphatic heterocycles. The summed E-state index contributed by atoms with van der Waals surface area (Å²) >= 11 is 6.32. The molecule has 2 heterocycles. The van der Waals surface area contributed by atoms with Gasteiger partial charge in [0.15, 0.2) is 0 Å². The van der Waals surface area contributed by atoms with E-state index < -0.39 is 0 Å². The van der Waals surface area contributed by atoms with E-state index in [1.165, 1.54) is 7.11 Å². The van der Waals surface area contributed by atoms with Gasteiger partial charge in [-0.2, -0.15) is 0 Å². The van der Waals surface area contributed by atoms with E-state index in [0.29, 0.717) is 11.7 Å². The molecule has 0 saturated carbocycles. The number of rotatable bonds is 3. The van der Waals surface area contributed by atoms with Crippen molar-refractivity contribution in [1.82, 2.24) is 9.88 Å². The maximum atomic E-state index is 11.7. The summed E-state index contributed by atoms with van der Waals surface area (Å²) in [6.45, 7) is 2.40. The number of likely N-dealkylation sites (tertiary alicyclic amines) is 1. The van der Waals surface area contributed by atoms with Crippen molar-refractivity contribution in [2.24, 2.45) is 5.92 Å². The highest BCUT2D eigenvalue weighted by molar-refractivity contribution is 6.30. The smallest absolute Gasteiger partial charge is 0.309 e. The number of piperidine rings is 1. The number of para-hydroxylation sites is 1. The summed E-state index contributed by atoms with van der Waals surface area (Å²) in [5, 5.41) is 1.63. The highest BCUT2D eigenvalue weighted by Crippen LogP contribution is 2.24. The van der Waals surface area contributed by atoms with Gasteiger partial charge in [-0.05, 0) is 31.5 Å². The topological polar surface area (TPSA) is 42.4 Å². The van der Waals surface area contributed by atoms with Crippen LogP contribution >= 0.6 is 11.6 Å². The number of hydrogen-bond donors (Lipinski definition) is 0. The summed E-state index contributed by atoms with van der Waals surface area (Å²) < 4.78 is 4.87. The third-order valence-electron chi connectivity index (χ3n) is 4.18. The van der Waals surface area contributed by atoms with E-state index in [9.17, 15) is 4.79 Å². The number of hydrogen-bond acceptors (Lipinski definition) is 4. The first-order chi connectivity index (χ1) is 10.7. The van der Waals surface area contributed by atoms with Crippen LogP contribution < -0.4 is 0 Å². The zero-order valence-electron chi connectivity index (χ0n) is 12.6. The maximum absolute atomic E-state index is 11.7. The van der Waals surface area contributed by atoms with Gasteiger partial charge in [0.05, 0.1) is 18.5 Å². The minimum absolute atomic E-state index is 0.0362. The Labute approximate surface area is 135 Å². The number of ether oxygens (including phenoxy) is 1. The Morgan fingerprint density at radius 3 is 3.09 bits per heavy atom. The second-order valence-corrected chi connectivity index (χ2v) is 6.09. The number of carbonyl (C=O) groups is 1. The van der Waals surface area contributed by atoms with Gasteiger partial charge in [-0.15, -0.1) is 0 Å². The largest absolute Gasteiger partial charge is 0.469 e. The molecule has 2 aromatic rings. The molecule has 4 nitrogen and oxygen atoms in total. The van der Waals surface area contributed by atoms with Gasteiger partial charge in [0.1, 0.15) is 5.15 Å². The lowest BCUT2D eigenvalue weighted by Gasteiger charge is -2.31. The molecule has 0 amide bonds. The Morgan fingerprint density at radius 2 is 2.27 bits per heavy atom. The lowest BCUT2D eigenvalue weighted by molar-refractivity contribution is -0.147. The van der Waals surface area contributed by atoms with Gasteiger partial charge in [-0.1, -0.05) is 29.8 Å². The van der Waals surface area contributed by atoms with E-state index in [1.807, 2.05) is 24.3 Å². The molecule has 22 heavy (non-hydrogen) atoms. The monoisotopic (exact) mass is 318 g/mol. The Hall–Kier alpha value is -1.65. The number of fused-ring (bicyclic) bond motifs is 1. The Morgan fingerprint density at radius 1 is 1.45 bits per heavy atom. The maximum Gasteiger partial charge on any atom is 0.309 e. The van der Waals surface area contributed by atoms with Crippen LogP contribution in [0.15, 0.2) is 30.3 Å². The summed E-state index contributed by atoms with van der Waals surface area (Å²) in [5.41, 5.74) is 1.91. The van der Waals surface area contributed by atoms with Crippen LogP contribution in [0.2, 0.25) is 5.15 Å². The molecule has 1 aliphatic rings. The molecule has 3 rings (SSSR count). The van der Waals surface area contributed by atoms with Crippen molar-refractivity contribution < 1.29 is 9.53 Å². The molecule has 1 atom stereocenters. The summed E-state index contributed by atoms with van der Waals surface area (Å²) in [4.78, 5) is 18.4. The van der Waals surface area contributed by atoms with Crippen molar-refractivity contribution >= 4 is 28.5 Å². The number of halogens is 1. The molecule has 1 aromatic heterocycles. The van der Waals surface area contributed by atoms with Crippen molar-refractivity contribution in [3.63, 3.8) is 0 Å². The Balaban J connectivity index is 1.77. The van der Waals surface area contributed by atoms with E-state index in [0.717, 1.165) is 42.4 Å². The normalized spacial score (nSPS) is 19.3. The number of nitrogens with zero attached hydrogens (tertiary/aromatic N) is 2. The third kappa shape index (κ3) is 3.23. The zero-order chi connectivity index (χ0) is 15.5. The van der Waals surface area contributed by atoms with Crippen molar-refractivity contribution in [2.75, 3.05) is 20.2 Å². The highest BCUT2D eigenvalue weighted by Gasteiger charge is 2.26. The van der Waals surface area contributed by atoms with E-state index >= 15 is 0 Å². The van der Waals surface area contributed by atoms with Gasteiger partial charge in [0.25, 0.3) is 0 Å². The van der Waals surface area contributed by atoms with Gasteiger partial charge in [0.2, 0.25) is 0 Å². The zero-order valence-corrected chi connectivity index (χ0v) is 13.3. The first kappa shape index (κ1) is 15.3. The average Bonchev–Trinajstić information content (AvgIpc) is 2.55. The second kappa shape index (κ2) is 6.63. The number of carbonyl (C=O) groups excluding carboxylic acids is 1. The first-order valence-electron chi connectivity index (χ1n) is 7.51. The van der Waals surface area contributed by atoms with E-state index in [1.54, 1.807) is 0 Å². The molecule has 5 heteroatoms. The molecule has 1 unspecified atom stereocenters. The van der Waals surface area contributed by atoms with Crippen LogP contribution in [0.1, 0.15) is 18.4 Å². The van der Waals surface area contributed by atoms with Crippen LogP contribution in [-0.4, -0.2) is 36.1 Å². The number of pyridine rings is 1. The van der Waals surface area contributed by atoms with Gasteiger partial charge in [-0.25, -0.2) is 4.98 Å². The molecular formula is C17H19ClN2O2. The summed E-state index contributed by atoms with van der Waals surface area (Å²) in [6.07, 6.45) is 1.89. The predicted molar refractivity (Wildman–Crippen MR) is 86.8 cm³/mol. The van der Waals surface area contributed by atoms with Gasteiger partial charge >= 0.3 is 5.97 Å². The number of benzene rings is 1. The number of aromatic nitrogens is 1.